The molecule has 6 N–H and O–H groups in total. The highest BCUT2D eigenvalue weighted by Gasteiger charge is 2.32. The number of nitrogens with one attached hydrogen (secondary N) is 3. The Morgan fingerprint density at radius 1 is 1.21 bits per heavy atom. The second kappa shape index (κ2) is 10.6. The summed E-state index contributed by atoms with van der Waals surface area (Å²) in [4.78, 5) is 53.0. The predicted octanol–water partition coefficient (Wildman–Crippen LogP) is -0.734. The number of carbonyl (C=O) groups excluding carboxylic acids is 3. The van der Waals surface area contributed by atoms with Crippen molar-refractivity contribution in [1.82, 2.24) is 15.7 Å². The van der Waals surface area contributed by atoms with E-state index in [4.69, 9.17) is 20.4 Å². The van der Waals surface area contributed by atoms with E-state index in [0.717, 1.165) is 0 Å². The van der Waals surface area contributed by atoms with E-state index >= 15 is 0 Å². The van der Waals surface area contributed by atoms with Crippen molar-refractivity contribution < 1.29 is 28.7 Å². The molecule has 3 rings (SSSR count). The number of guanidine groups is 1. The quantitative estimate of drug-likeness (QED) is 0.139. The number of nitrogens with two attached hydrogens (primary N) is 1. The summed E-state index contributed by atoms with van der Waals surface area (Å²) in [5.41, 5.74) is 5.69. The lowest BCUT2D eigenvalue weighted by Crippen LogP contribution is -2.35. The molecule has 1 aromatic carbocycles. The van der Waals surface area contributed by atoms with Gasteiger partial charge in [-0.15, -0.1) is 5.06 Å². The van der Waals surface area contributed by atoms with Crippen LogP contribution in [0.3, 0.4) is 0 Å². The van der Waals surface area contributed by atoms with Crippen LogP contribution in [0.1, 0.15) is 30.4 Å². The third-order valence-electron chi connectivity index (χ3n) is 4.92. The lowest BCUT2D eigenvalue weighted by atomic mass is 10.0. The van der Waals surface area contributed by atoms with Gasteiger partial charge in [-0.2, -0.15) is 0 Å². The number of hydrogen-bond donors (Lipinski definition) is 5. The molecule has 2 heterocycles. The maximum Gasteiger partial charge on any atom is 0.337 e. The van der Waals surface area contributed by atoms with Gasteiger partial charge in [-0.25, -0.2) is 9.59 Å². The fourth-order valence-electron chi connectivity index (χ4n) is 3.37. The minimum atomic E-state index is -1.16. The van der Waals surface area contributed by atoms with Crippen LogP contribution in [0.2, 0.25) is 0 Å². The van der Waals surface area contributed by atoms with Crippen molar-refractivity contribution in [2.24, 2.45) is 5.73 Å². The molecule has 1 aliphatic heterocycles. The van der Waals surface area contributed by atoms with Gasteiger partial charge in [0.05, 0.1) is 12.8 Å². The van der Waals surface area contributed by atoms with Crippen LogP contribution in [0.5, 0.6) is 0 Å². The van der Waals surface area contributed by atoms with Gasteiger partial charge < -0.3 is 30.7 Å². The van der Waals surface area contributed by atoms with Gasteiger partial charge >= 0.3 is 11.6 Å². The van der Waals surface area contributed by atoms with Crippen LogP contribution in [0, 0.1) is 5.41 Å². The molecule has 0 spiro atoms. The zero-order valence-corrected chi connectivity index (χ0v) is 17.8. The van der Waals surface area contributed by atoms with Crippen molar-refractivity contribution in [1.29, 1.82) is 5.41 Å². The van der Waals surface area contributed by atoms with E-state index in [2.05, 4.69) is 10.6 Å². The molecule has 1 atom stereocenters. The van der Waals surface area contributed by atoms with Crippen LogP contribution >= 0.6 is 0 Å². The number of carbonyl (C=O) groups is 3. The Morgan fingerprint density at radius 3 is 2.67 bits per heavy atom. The highest BCUT2D eigenvalue weighted by atomic mass is 16.7. The number of rotatable bonds is 9. The molecule has 1 unspecified atom stereocenters. The summed E-state index contributed by atoms with van der Waals surface area (Å²) in [5, 5.41) is 23.3. The van der Waals surface area contributed by atoms with Crippen LogP contribution in [-0.4, -0.2) is 53.2 Å². The van der Waals surface area contributed by atoms with Gasteiger partial charge in [-0.1, -0.05) is 12.1 Å². The first-order valence-corrected chi connectivity index (χ1v) is 10.3. The smallest absolute Gasteiger partial charge is 0.337 e. The Morgan fingerprint density at radius 2 is 1.97 bits per heavy atom. The Hall–Kier alpha value is -3.93. The fraction of sp³-hybridized carbons (Fsp3) is 0.381. The molecule has 0 radical (unpaired) electrons. The number of benzene rings is 1. The molecule has 1 fully saturated rings. The van der Waals surface area contributed by atoms with Gasteiger partial charge in [0.2, 0.25) is 5.91 Å². The van der Waals surface area contributed by atoms with Gasteiger partial charge in [-0.05, 0) is 23.6 Å². The average Bonchev–Trinajstić information content (AvgIpc) is 3.04. The molecule has 0 aliphatic carbocycles. The largest absolute Gasteiger partial charge is 0.423 e. The summed E-state index contributed by atoms with van der Waals surface area (Å²) in [6, 6.07) is 6.00. The van der Waals surface area contributed by atoms with E-state index in [-0.39, 0.29) is 43.1 Å². The van der Waals surface area contributed by atoms with E-state index in [1.807, 2.05) is 0 Å². The summed E-state index contributed by atoms with van der Waals surface area (Å²) >= 11 is 0. The molecule has 0 saturated carbocycles. The second-order valence-corrected chi connectivity index (χ2v) is 7.52. The van der Waals surface area contributed by atoms with Gasteiger partial charge in [0.15, 0.2) is 12.2 Å². The SMILES string of the molecule is N=C(N)NCCCNC(=O)Cc1cc(=O)oc2cc(CC(=O)ON3C(=O)CCC3O)ccc12. The molecule has 2 amide bonds. The molecule has 176 valence electrons. The number of aliphatic hydroxyl groups excluding tert-OH is 1. The normalized spacial score (nSPS) is 15.5. The van der Waals surface area contributed by atoms with Crippen molar-refractivity contribution in [3.05, 3.63) is 45.8 Å². The van der Waals surface area contributed by atoms with E-state index in [1.54, 1.807) is 12.1 Å². The molecular formula is C21H25N5O7. The van der Waals surface area contributed by atoms with Crippen LogP contribution in [0.25, 0.3) is 11.0 Å². The number of aliphatic hydroxyl groups is 1. The van der Waals surface area contributed by atoms with Crippen molar-refractivity contribution >= 4 is 34.7 Å². The third-order valence-corrected chi connectivity index (χ3v) is 4.92. The van der Waals surface area contributed by atoms with Crippen LogP contribution in [-0.2, 0) is 32.1 Å². The standard InChI is InChI=1S/C21H25N5O7/c22-21(23)25-7-1-6-24-16(27)10-13-11-19(30)32-15-8-12(2-3-14(13)15)9-20(31)33-26-17(28)4-5-18(26)29/h2-3,8,11,17,28H,1,4-7,9-10H2,(H,24,27)(H4,22,23,25). The summed E-state index contributed by atoms with van der Waals surface area (Å²) in [5.74, 6) is -1.65. The molecular weight excluding hydrogens is 434 g/mol. The van der Waals surface area contributed by atoms with Crippen molar-refractivity contribution in [3.8, 4) is 0 Å². The molecule has 0 bridgehead atoms. The molecule has 12 nitrogen and oxygen atoms in total. The van der Waals surface area contributed by atoms with E-state index < -0.39 is 23.7 Å². The van der Waals surface area contributed by atoms with Crippen molar-refractivity contribution in [2.45, 2.75) is 38.3 Å². The second-order valence-electron chi connectivity index (χ2n) is 7.52. The lowest BCUT2D eigenvalue weighted by Gasteiger charge is -2.18. The van der Waals surface area contributed by atoms with Gasteiger partial charge in [-0.3, -0.25) is 15.0 Å². The Balaban J connectivity index is 1.63. The van der Waals surface area contributed by atoms with Gasteiger partial charge in [0.25, 0.3) is 5.91 Å². The van der Waals surface area contributed by atoms with Gasteiger partial charge in [0, 0.05) is 37.4 Å². The lowest BCUT2D eigenvalue weighted by molar-refractivity contribution is -0.220. The first-order valence-electron chi connectivity index (χ1n) is 10.3. The zero-order valence-electron chi connectivity index (χ0n) is 17.8. The number of amides is 2. The van der Waals surface area contributed by atoms with E-state index in [0.29, 0.717) is 41.1 Å². The minimum absolute atomic E-state index is 0.0431. The van der Waals surface area contributed by atoms with E-state index in [9.17, 15) is 24.3 Å². The molecule has 33 heavy (non-hydrogen) atoms. The van der Waals surface area contributed by atoms with E-state index in [1.165, 1.54) is 12.1 Å². The Kier molecular flexibility index (Phi) is 7.61. The fourth-order valence-corrected chi connectivity index (χ4v) is 3.37. The molecule has 1 aliphatic rings. The number of hydroxylamine groups is 2. The zero-order chi connectivity index (χ0) is 24.0. The highest BCUT2D eigenvalue weighted by Crippen LogP contribution is 2.21. The molecule has 12 heteroatoms. The summed E-state index contributed by atoms with van der Waals surface area (Å²) in [6.45, 7) is 0.822. The summed E-state index contributed by atoms with van der Waals surface area (Å²) in [7, 11) is 0. The highest BCUT2D eigenvalue weighted by molar-refractivity contribution is 5.88. The summed E-state index contributed by atoms with van der Waals surface area (Å²) < 4.78 is 5.23. The third kappa shape index (κ3) is 6.53. The number of fused-ring (bicyclic) bond motifs is 1. The predicted molar refractivity (Wildman–Crippen MR) is 116 cm³/mol. The number of nitrogens with zero attached hydrogens (tertiary/aromatic N) is 1. The van der Waals surface area contributed by atoms with Crippen LogP contribution in [0.15, 0.2) is 33.5 Å². The van der Waals surface area contributed by atoms with Gasteiger partial charge in [0.1, 0.15) is 5.58 Å². The van der Waals surface area contributed by atoms with Crippen LogP contribution < -0.4 is 22.0 Å². The monoisotopic (exact) mass is 459 g/mol. The molecule has 1 saturated heterocycles. The minimum Gasteiger partial charge on any atom is -0.423 e. The number of hydrogen-bond acceptors (Lipinski definition) is 8. The van der Waals surface area contributed by atoms with Crippen LogP contribution in [0.4, 0.5) is 0 Å². The molecule has 2 aromatic rings. The first-order chi connectivity index (χ1) is 15.7. The average molecular weight is 459 g/mol. The van der Waals surface area contributed by atoms with Crippen molar-refractivity contribution in [2.75, 3.05) is 13.1 Å². The van der Waals surface area contributed by atoms with Crippen molar-refractivity contribution in [3.63, 3.8) is 0 Å². The topological polar surface area (TPSA) is 188 Å². The summed E-state index contributed by atoms with van der Waals surface area (Å²) in [6.07, 6.45) is -0.550. The Bertz CT molecular complexity index is 1130. The Labute approximate surface area is 188 Å². The maximum atomic E-state index is 12.2. The first kappa shape index (κ1) is 23.7. The molecule has 1 aromatic heterocycles. The maximum absolute atomic E-state index is 12.2.